The molecule has 10 aromatic carbocycles. The first kappa shape index (κ1) is 45.7. The number of aromatic nitrogens is 3. The van der Waals surface area contributed by atoms with Crippen LogP contribution in [0.15, 0.2) is 261 Å². The van der Waals surface area contributed by atoms with E-state index in [2.05, 4.69) is 213 Å². The lowest BCUT2D eigenvalue weighted by Gasteiger charge is -2.37. The molecule has 78 heavy (non-hydrogen) atoms. The Hall–Kier alpha value is -9.71. The van der Waals surface area contributed by atoms with Crippen LogP contribution in [-0.4, -0.2) is 15.0 Å². The summed E-state index contributed by atoms with van der Waals surface area (Å²) in [6.45, 7) is 4.61. The van der Waals surface area contributed by atoms with Crippen molar-refractivity contribution in [3.63, 3.8) is 0 Å². The Morgan fingerprint density at radius 2 is 0.833 bits per heavy atom. The number of nitrogens with zero attached hydrogens (tertiary/aromatic N) is 4. The van der Waals surface area contributed by atoms with E-state index < -0.39 is 10.8 Å². The number of hydrogen-bond donors (Lipinski definition) is 0. The third-order valence-electron chi connectivity index (χ3n) is 16.7. The van der Waals surface area contributed by atoms with Gasteiger partial charge in [-0.1, -0.05) is 238 Å². The summed E-state index contributed by atoms with van der Waals surface area (Å²) in [6.07, 6.45) is 6.30. The fourth-order valence-corrected chi connectivity index (χ4v) is 13.1. The van der Waals surface area contributed by atoms with Gasteiger partial charge in [0, 0.05) is 50.2 Å². The summed E-state index contributed by atoms with van der Waals surface area (Å²) < 4.78 is 7.35. The van der Waals surface area contributed by atoms with Gasteiger partial charge in [0.1, 0.15) is 11.5 Å². The van der Waals surface area contributed by atoms with Gasteiger partial charge in [-0.2, -0.15) is 0 Å². The highest BCUT2D eigenvalue weighted by Gasteiger charge is 2.52. The van der Waals surface area contributed by atoms with Crippen LogP contribution in [0.4, 0.5) is 11.4 Å². The molecule has 4 aliphatic rings. The van der Waals surface area contributed by atoms with E-state index in [1.54, 1.807) is 0 Å². The Labute approximate surface area is 455 Å². The normalized spacial score (nSPS) is 14.6. The molecule has 11 aromatic rings. The maximum absolute atomic E-state index is 7.35. The molecule has 1 aliphatic heterocycles. The number of ether oxygens (including phenoxy) is 1. The zero-order chi connectivity index (χ0) is 52.0. The van der Waals surface area contributed by atoms with E-state index in [1.165, 1.54) is 72.6 Å². The van der Waals surface area contributed by atoms with Gasteiger partial charge in [-0.05, 0) is 98.8 Å². The third kappa shape index (κ3) is 6.97. The van der Waals surface area contributed by atoms with E-state index in [4.69, 9.17) is 19.7 Å². The SMILES string of the molecule is CC1(C)c2cccc(C3=CC=C(N(c4cccc(-c5ccccc5)c4)c4cccc5c4-c4ccccc4C54c5ccccc5-c5ccccc54)CC3)c2Oc2c(-c3nc(-c4ccccc4)nc(-c4ccccc4)n3)cccc21. The summed E-state index contributed by atoms with van der Waals surface area (Å²) in [5.41, 5.74) is 22.7. The van der Waals surface area contributed by atoms with Crippen molar-refractivity contribution in [3.05, 3.63) is 299 Å². The maximum Gasteiger partial charge on any atom is 0.167 e. The van der Waals surface area contributed by atoms with Crippen LogP contribution in [0.5, 0.6) is 11.5 Å². The molecule has 3 aliphatic carbocycles. The molecule has 1 spiro atoms. The van der Waals surface area contributed by atoms with E-state index in [1.807, 2.05) is 60.7 Å². The third-order valence-corrected chi connectivity index (χ3v) is 16.7. The highest BCUT2D eigenvalue weighted by molar-refractivity contribution is 6.00. The molecular weight excluding hydrogens is 949 g/mol. The first-order valence-corrected chi connectivity index (χ1v) is 27.1. The Bertz CT molecular complexity index is 4170. The fourth-order valence-electron chi connectivity index (χ4n) is 13.1. The lowest BCUT2D eigenvalue weighted by atomic mass is 9.70. The smallest absolute Gasteiger partial charge is 0.167 e. The van der Waals surface area contributed by atoms with E-state index in [9.17, 15) is 0 Å². The fraction of sp³-hybridized carbons (Fsp3) is 0.0822. The van der Waals surface area contributed by atoms with Crippen LogP contribution in [0, 0.1) is 0 Å². The number of anilines is 2. The lowest BCUT2D eigenvalue weighted by molar-refractivity contribution is 0.418. The molecule has 1 aromatic heterocycles. The molecule has 0 fully saturated rings. The minimum absolute atomic E-state index is 0.398. The zero-order valence-electron chi connectivity index (χ0n) is 43.4. The number of fused-ring (bicyclic) bond motifs is 12. The standard InChI is InChI=1S/C73H52N4O/c1-72(2)63-39-19-33-54(67(63)78-68-58(34-20-40-64(68)72)71-75-69(49-24-8-4-9-25-49)74-70(76-71)50-26-10-5-11-27-50)48-42-44-52(45-43-48)77(53-29-18-28-51(46-53)47-22-6-3-7-23-47)65-41-21-38-62-66(65)57-32-14-17-37-61(57)73(62)59-35-15-12-30-55(59)56-31-13-16-36-60(56)73/h3-42,44,46H,43,45H2,1-2H3. The Morgan fingerprint density at radius 1 is 0.372 bits per heavy atom. The molecule has 0 saturated heterocycles. The molecule has 5 nitrogen and oxygen atoms in total. The first-order chi connectivity index (χ1) is 38.4. The zero-order valence-corrected chi connectivity index (χ0v) is 43.4. The topological polar surface area (TPSA) is 51.1 Å². The van der Waals surface area contributed by atoms with Crippen LogP contribution in [0.2, 0.25) is 0 Å². The summed E-state index contributed by atoms with van der Waals surface area (Å²) >= 11 is 0. The van der Waals surface area contributed by atoms with Crippen LogP contribution < -0.4 is 9.64 Å². The molecule has 0 amide bonds. The largest absolute Gasteiger partial charge is 0.455 e. The highest BCUT2D eigenvalue weighted by Crippen LogP contribution is 2.65. The van der Waals surface area contributed by atoms with Gasteiger partial charge in [0.15, 0.2) is 17.5 Å². The van der Waals surface area contributed by atoms with Crippen LogP contribution >= 0.6 is 0 Å². The summed E-state index contributed by atoms with van der Waals surface area (Å²) in [5, 5.41) is 0. The minimum atomic E-state index is -0.461. The molecule has 5 heteroatoms. The lowest BCUT2D eigenvalue weighted by Crippen LogP contribution is -2.26. The van der Waals surface area contributed by atoms with Gasteiger partial charge < -0.3 is 9.64 Å². The Kier molecular flexibility index (Phi) is 10.5. The first-order valence-electron chi connectivity index (χ1n) is 27.1. The molecule has 2 heterocycles. The van der Waals surface area contributed by atoms with Crippen LogP contribution in [0.1, 0.15) is 65.6 Å². The van der Waals surface area contributed by atoms with Crippen LogP contribution in [-0.2, 0) is 10.8 Å². The van der Waals surface area contributed by atoms with Gasteiger partial charge in [-0.15, -0.1) is 0 Å². The van der Waals surface area contributed by atoms with Gasteiger partial charge in [0.05, 0.1) is 16.7 Å². The highest BCUT2D eigenvalue weighted by atomic mass is 16.5. The second-order valence-corrected chi connectivity index (χ2v) is 21.3. The summed E-state index contributed by atoms with van der Waals surface area (Å²) in [7, 11) is 0. The molecule has 370 valence electrons. The molecule has 0 atom stereocenters. The molecule has 0 N–H and O–H groups in total. The van der Waals surface area contributed by atoms with E-state index in [0.717, 1.165) is 63.4 Å². The second kappa shape index (κ2) is 18.0. The molecule has 15 rings (SSSR count). The maximum atomic E-state index is 7.35. The predicted molar refractivity (Wildman–Crippen MR) is 317 cm³/mol. The van der Waals surface area contributed by atoms with Gasteiger partial charge >= 0.3 is 0 Å². The number of benzene rings is 10. The van der Waals surface area contributed by atoms with Crippen molar-refractivity contribution in [1.82, 2.24) is 15.0 Å². The average molecular weight is 1000 g/mol. The van der Waals surface area contributed by atoms with Crippen LogP contribution in [0.25, 0.3) is 73.1 Å². The van der Waals surface area contributed by atoms with Crippen molar-refractivity contribution in [2.24, 2.45) is 0 Å². The van der Waals surface area contributed by atoms with Crippen molar-refractivity contribution in [3.8, 4) is 79.0 Å². The second-order valence-electron chi connectivity index (χ2n) is 21.3. The Morgan fingerprint density at radius 3 is 1.45 bits per heavy atom. The van der Waals surface area contributed by atoms with Crippen molar-refractivity contribution < 1.29 is 4.74 Å². The van der Waals surface area contributed by atoms with Gasteiger partial charge in [0.25, 0.3) is 0 Å². The molecule has 0 saturated carbocycles. The quantitative estimate of drug-likeness (QED) is 0.152. The number of allylic oxidation sites excluding steroid dienone is 4. The van der Waals surface area contributed by atoms with Gasteiger partial charge in [0.2, 0.25) is 0 Å². The van der Waals surface area contributed by atoms with E-state index in [0.29, 0.717) is 17.5 Å². The van der Waals surface area contributed by atoms with Crippen molar-refractivity contribution in [2.45, 2.75) is 37.5 Å². The summed E-state index contributed by atoms with van der Waals surface area (Å²) in [4.78, 5) is 17.9. The van der Waals surface area contributed by atoms with Gasteiger partial charge in [-0.3, -0.25) is 0 Å². The van der Waals surface area contributed by atoms with Crippen LogP contribution in [0.3, 0.4) is 0 Å². The molecular formula is C73H52N4O. The summed E-state index contributed by atoms with van der Waals surface area (Å²) in [6, 6.07) is 87.4. The molecule has 0 unspecified atom stereocenters. The predicted octanol–water partition coefficient (Wildman–Crippen LogP) is 18.2. The summed E-state index contributed by atoms with van der Waals surface area (Å²) in [5.74, 6) is 3.44. The Balaban J connectivity index is 0.876. The average Bonchev–Trinajstić information content (AvgIpc) is 4.21. The minimum Gasteiger partial charge on any atom is -0.455 e. The van der Waals surface area contributed by atoms with E-state index in [-0.39, 0.29) is 0 Å². The number of para-hydroxylation sites is 2. The number of rotatable bonds is 8. The molecule has 0 bridgehead atoms. The van der Waals surface area contributed by atoms with Crippen molar-refractivity contribution in [1.29, 1.82) is 0 Å². The van der Waals surface area contributed by atoms with Crippen molar-refractivity contribution >= 4 is 16.9 Å². The van der Waals surface area contributed by atoms with E-state index >= 15 is 0 Å². The van der Waals surface area contributed by atoms with Crippen molar-refractivity contribution in [2.75, 3.05) is 4.90 Å². The molecule has 0 radical (unpaired) electrons. The van der Waals surface area contributed by atoms with Gasteiger partial charge in [-0.25, -0.2) is 15.0 Å². The monoisotopic (exact) mass is 1000 g/mol. The number of hydrogen-bond acceptors (Lipinski definition) is 5.